The molecule has 5 rings (SSSR count). The Morgan fingerprint density at radius 2 is 1.91 bits per heavy atom. The molecule has 160 valence electrons. The molecular weight excluding hydrogens is 408 g/mol. The van der Waals surface area contributed by atoms with Gasteiger partial charge in [-0.3, -0.25) is 4.68 Å². The lowest BCUT2D eigenvalue weighted by Gasteiger charge is -2.15. The molecule has 0 aliphatic carbocycles. The molecule has 0 amide bonds. The molecule has 32 heavy (non-hydrogen) atoms. The third-order valence-electron chi connectivity index (χ3n) is 5.05. The third kappa shape index (κ3) is 3.53. The molecule has 1 aromatic carbocycles. The molecule has 0 fully saturated rings. The fraction of sp³-hybridized carbons (Fsp3) is 0.174. The Balaban J connectivity index is 1.66. The van der Waals surface area contributed by atoms with Gasteiger partial charge >= 0.3 is 0 Å². The summed E-state index contributed by atoms with van der Waals surface area (Å²) in [4.78, 5) is 17.8. The minimum Gasteiger partial charge on any atom is -0.491 e. The van der Waals surface area contributed by atoms with Crippen LogP contribution >= 0.6 is 0 Å². The zero-order valence-corrected chi connectivity index (χ0v) is 17.8. The molecular formula is C23H20N6O3. The SMILES string of the molecule is COc1cc2ncnc(-c3cn(C)nc3-c3ccccc3)c2nc1O[C@@H](C)c1cocn1. The van der Waals surface area contributed by atoms with Crippen molar-refractivity contribution in [2.24, 2.45) is 7.05 Å². The summed E-state index contributed by atoms with van der Waals surface area (Å²) in [5.41, 5.74) is 5.17. The number of aromatic nitrogens is 6. The van der Waals surface area contributed by atoms with Crippen LogP contribution in [0.15, 0.2) is 66.0 Å². The number of nitrogens with zero attached hydrogens (tertiary/aromatic N) is 6. The molecule has 0 aliphatic heterocycles. The van der Waals surface area contributed by atoms with E-state index in [1.54, 1.807) is 17.9 Å². The lowest BCUT2D eigenvalue weighted by Crippen LogP contribution is -2.06. The van der Waals surface area contributed by atoms with Gasteiger partial charge in [0.25, 0.3) is 5.88 Å². The summed E-state index contributed by atoms with van der Waals surface area (Å²) in [5, 5.41) is 4.66. The van der Waals surface area contributed by atoms with Gasteiger partial charge in [0.15, 0.2) is 12.1 Å². The van der Waals surface area contributed by atoms with Crippen LogP contribution in [-0.4, -0.2) is 36.8 Å². The van der Waals surface area contributed by atoms with Crippen LogP contribution in [0.2, 0.25) is 0 Å². The summed E-state index contributed by atoms with van der Waals surface area (Å²) in [6.45, 7) is 1.86. The molecule has 0 N–H and O–H groups in total. The fourth-order valence-corrected chi connectivity index (χ4v) is 3.50. The van der Waals surface area contributed by atoms with Crippen molar-refractivity contribution < 1.29 is 13.9 Å². The Morgan fingerprint density at radius 3 is 2.66 bits per heavy atom. The molecule has 0 aliphatic rings. The molecule has 9 heteroatoms. The van der Waals surface area contributed by atoms with Gasteiger partial charge in [0.2, 0.25) is 0 Å². The van der Waals surface area contributed by atoms with Crippen molar-refractivity contribution in [2.45, 2.75) is 13.0 Å². The van der Waals surface area contributed by atoms with E-state index in [9.17, 15) is 0 Å². The van der Waals surface area contributed by atoms with E-state index in [1.165, 1.54) is 19.0 Å². The zero-order valence-electron chi connectivity index (χ0n) is 17.8. The van der Waals surface area contributed by atoms with Crippen LogP contribution in [0.3, 0.4) is 0 Å². The maximum atomic E-state index is 6.06. The normalized spacial score (nSPS) is 12.1. The van der Waals surface area contributed by atoms with Gasteiger partial charge in [0.05, 0.1) is 12.6 Å². The number of rotatable bonds is 6. The topological polar surface area (TPSA) is 101 Å². The number of fused-ring (bicyclic) bond motifs is 1. The van der Waals surface area contributed by atoms with Crippen LogP contribution in [0.25, 0.3) is 33.5 Å². The maximum Gasteiger partial charge on any atom is 0.258 e. The zero-order chi connectivity index (χ0) is 22.1. The fourth-order valence-electron chi connectivity index (χ4n) is 3.50. The summed E-state index contributed by atoms with van der Waals surface area (Å²) >= 11 is 0. The number of methoxy groups -OCH3 is 1. The summed E-state index contributed by atoms with van der Waals surface area (Å²) < 4.78 is 18.4. The van der Waals surface area contributed by atoms with Gasteiger partial charge < -0.3 is 13.9 Å². The van der Waals surface area contributed by atoms with E-state index in [1.807, 2.05) is 50.5 Å². The highest BCUT2D eigenvalue weighted by molar-refractivity contribution is 5.94. The second-order valence-corrected chi connectivity index (χ2v) is 7.19. The standard InChI is InChI=1S/C23H20N6O3/c1-14(18-11-31-13-26-18)32-23-19(30-3)9-17-22(27-23)21(25-12-24-17)16-10-29(2)28-20(16)15-7-5-4-6-8-15/h4-14H,1-3H3/t14-/m0/s1. The largest absolute Gasteiger partial charge is 0.491 e. The van der Waals surface area contributed by atoms with Crippen LogP contribution in [0.5, 0.6) is 11.6 Å². The molecule has 9 nitrogen and oxygen atoms in total. The van der Waals surface area contributed by atoms with E-state index in [4.69, 9.17) is 18.9 Å². The van der Waals surface area contributed by atoms with Gasteiger partial charge in [-0.2, -0.15) is 5.10 Å². The highest BCUT2D eigenvalue weighted by Gasteiger charge is 2.21. The minimum atomic E-state index is -0.390. The van der Waals surface area contributed by atoms with Crippen molar-refractivity contribution >= 4 is 11.0 Å². The van der Waals surface area contributed by atoms with Gasteiger partial charge in [-0.05, 0) is 6.92 Å². The van der Waals surface area contributed by atoms with E-state index in [0.29, 0.717) is 34.1 Å². The van der Waals surface area contributed by atoms with E-state index < -0.39 is 0 Å². The number of ether oxygens (including phenoxy) is 2. The van der Waals surface area contributed by atoms with Crippen molar-refractivity contribution in [2.75, 3.05) is 7.11 Å². The van der Waals surface area contributed by atoms with Crippen molar-refractivity contribution in [3.8, 4) is 34.1 Å². The Hall–Kier alpha value is -4.27. The van der Waals surface area contributed by atoms with E-state index in [-0.39, 0.29) is 6.10 Å². The smallest absolute Gasteiger partial charge is 0.258 e. The first kappa shape index (κ1) is 19.7. The second-order valence-electron chi connectivity index (χ2n) is 7.19. The molecule has 0 saturated carbocycles. The van der Waals surface area contributed by atoms with Crippen LogP contribution in [-0.2, 0) is 7.05 Å². The average Bonchev–Trinajstić information content (AvgIpc) is 3.49. The number of hydrogen-bond acceptors (Lipinski definition) is 8. The van der Waals surface area contributed by atoms with Gasteiger partial charge in [0, 0.05) is 30.4 Å². The number of pyridine rings is 1. The number of aryl methyl sites for hydroxylation is 1. The molecule has 4 aromatic heterocycles. The minimum absolute atomic E-state index is 0.316. The van der Waals surface area contributed by atoms with E-state index >= 15 is 0 Å². The summed E-state index contributed by atoms with van der Waals surface area (Å²) in [7, 11) is 3.44. The Bertz CT molecular complexity index is 1370. The first-order valence-electron chi connectivity index (χ1n) is 9.98. The molecule has 4 heterocycles. The lowest BCUT2D eigenvalue weighted by atomic mass is 10.0. The number of oxazole rings is 1. The van der Waals surface area contributed by atoms with Crippen LogP contribution < -0.4 is 9.47 Å². The lowest BCUT2D eigenvalue weighted by molar-refractivity contribution is 0.202. The molecule has 0 saturated heterocycles. The average molecular weight is 428 g/mol. The Kier molecular flexibility index (Phi) is 4.98. The molecule has 0 spiro atoms. The summed E-state index contributed by atoms with van der Waals surface area (Å²) in [6, 6.07) is 11.7. The Labute approximate surface area is 183 Å². The quantitative estimate of drug-likeness (QED) is 0.396. The summed E-state index contributed by atoms with van der Waals surface area (Å²) in [5.74, 6) is 0.781. The first-order valence-corrected chi connectivity index (χ1v) is 9.98. The first-order chi connectivity index (χ1) is 15.6. The van der Waals surface area contributed by atoms with Crippen molar-refractivity contribution in [3.63, 3.8) is 0 Å². The van der Waals surface area contributed by atoms with Crippen molar-refractivity contribution in [3.05, 3.63) is 67.3 Å². The monoisotopic (exact) mass is 428 g/mol. The molecule has 1 atom stereocenters. The van der Waals surface area contributed by atoms with Crippen LogP contribution in [0, 0.1) is 0 Å². The number of benzene rings is 1. The molecule has 0 bridgehead atoms. The van der Waals surface area contributed by atoms with Crippen molar-refractivity contribution in [1.29, 1.82) is 0 Å². The van der Waals surface area contributed by atoms with Crippen LogP contribution in [0.4, 0.5) is 0 Å². The summed E-state index contributed by atoms with van der Waals surface area (Å²) in [6.07, 6.45) is 5.95. The Morgan fingerprint density at radius 1 is 1.06 bits per heavy atom. The van der Waals surface area contributed by atoms with E-state index in [2.05, 4.69) is 20.1 Å². The highest BCUT2D eigenvalue weighted by Crippen LogP contribution is 2.37. The van der Waals surface area contributed by atoms with Gasteiger partial charge in [-0.25, -0.2) is 19.9 Å². The second kappa shape index (κ2) is 8.10. The number of hydrogen-bond donors (Lipinski definition) is 0. The maximum absolute atomic E-state index is 6.06. The van der Waals surface area contributed by atoms with E-state index in [0.717, 1.165) is 16.8 Å². The molecule has 0 radical (unpaired) electrons. The third-order valence-corrected chi connectivity index (χ3v) is 5.05. The predicted molar refractivity (Wildman–Crippen MR) is 117 cm³/mol. The van der Waals surface area contributed by atoms with Gasteiger partial charge in [0.1, 0.15) is 41.3 Å². The molecule has 5 aromatic rings. The van der Waals surface area contributed by atoms with Crippen molar-refractivity contribution in [1.82, 2.24) is 29.7 Å². The highest BCUT2D eigenvalue weighted by atomic mass is 16.5. The molecule has 0 unspecified atom stereocenters. The van der Waals surface area contributed by atoms with Crippen LogP contribution in [0.1, 0.15) is 18.7 Å². The predicted octanol–water partition coefficient (Wildman–Crippen LogP) is 4.23. The van der Waals surface area contributed by atoms with Gasteiger partial charge in [-0.15, -0.1) is 0 Å². The van der Waals surface area contributed by atoms with Gasteiger partial charge in [-0.1, -0.05) is 30.3 Å².